The summed E-state index contributed by atoms with van der Waals surface area (Å²) in [6.07, 6.45) is 2.04. The molecule has 1 heterocycles. The molecule has 1 N–H and O–H groups in total. The number of carbonyl (C=O) groups excluding carboxylic acids is 2. The van der Waals surface area contributed by atoms with Crippen LogP contribution < -0.4 is 5.32 Å². The van der Waals surface area contributed by atoms with Gasteiger partial charge in [0.25, 0.3) is 0 Å². The maximum absolute atomic E-state index is 13.6. The molecule has 34 heavy (non-hydrogen) atoms. The van der Waals surface area contributed by atoms with E-state index in [1.165, 1.54) is 12.1 Å². The van der Waals surface area contributed by atoms with E-state index in [-0.39, 0.29) is 36.7 Å². The Morgan fingerprint density at radius 3 is 2.26 bits per heavy atom. The molecule has 0 aromatic heterocycles. The van der Waals surface area contributed by atoms with Gasteiger partial charge in [0, 0.05) is 19.7 Å². The summed E-state index contributed by atoms with van der Waals surface area (Å²) in [7, 11) is 0. The molecule has 5 nitrogen and oxygen atoms in total. The highest BCUT2D eigenvalue weighted by Crippen LogP contribution is 2.25. The van der Waals surface area contributed by atoms with Crippen LogP contribution in [0.25, 0.3) is 0 Å². The van der Waals surface area contributed by atoms with Crippen molar-refractivity contribution in [3.05, 3.63) is 107 Å². The van der Waals surface area contributed by atoms with Gasteiger partial charge in [0.1, 0.15) is 11.9 Å². The second kappa shape index (κ2) is 11.6. The molecule has 4 rings (SSSR count). The second-order valence-corrected chi connectivity index (χ2v) is 8.50. The number of nitrogens with zero attached hydrogens (tertiary/aromatic N) is 1. The average Bonchev–Trinajstić information content (AvgIpc) is 3.39. The fraction of sp³-hybridized carbons (Fsp3) is 0.286. The first-order valence-electron chi connectivity index (χ1n) is 11.6. The number of hydrogen-bond donors (Lipinski definition) is 1. The monoisotopic (exact) mass is 460 g/mol. The Bertz CT molecular complexity index is 1070. The lowest BCUT2D eigenvalue weighted by Crippen LogP contribution is -2.45. The molecule has 1 aliphatic rings. The summed E-state index contributed by atoms with van der Waals surface area (Å²) in [6, 6.07) is 23.9. The van der Waals surface area contributed by atoms with E-state index >= 15 is 0 Å². The van der Waals surface area contributed by atoms with Gasteiger partial charge in [-0.25, -0.2) is 4.39 Å². The first-order chi connectivity index (χ1) is 16.6. The molecule has 2 amide bonds. The van der Waals surface area contributed by atoms with Crippen molar-refractivity contribution in [2.24, 2.45) is 0 Å². The fourth-order valence-corrected chi connectivity index (χ4v) is 4.21. The van der Waals surface area contributed by atoms with E-state index in [2.05, 4.69) is 5.32 Å². The molecule has 1 saturated heterocycles. The summed E-state index contributed by atoms with van der Waals surface area (Å²) in [6.45, 7) is 1.28. The van der Waals surface area contributed by atoms with Crippen LogP contribution in [0.1, 0.15) is 35.6 Å². The predicted octanol–water partition coefficient (Wildman–Crippen LogP) is 4.43. The first kappa shape index (κ1) is 23.6. The van der Waals surface area contributed by atoms with E-state index in [1.807, 2.05) is 60.7 Å². The summed E-state index contributed by atoms with van der Waals surface area (Å²) >= 11 is 0. The Kier molecular flexibility index (Phi) is 8.04. The predicted molar refractivity (Wildman–Crippen MR) is 128 cm³/mol. The van der Waals surface area contributed by atoms with Gasteiger partial charge in [0.2, 0.25) is 11.8 Å². The summed E-state index contributed by atoms with van der Waals surface area (Å²) in [4.78, 5) is 28.7. The number of amides is 2. The van der Waals surface area contributed by atoms with E-state index in [0.717, 1.165) is 29.5 Å². The van der Waals surface area contributed by atoms with Gasteiger partial charge in [0.05, 0.1) is 12.5 Å². The molecule has 0 radical (unpaired) electrons. The van der Waals surface area contributed by atoms with Crippen molar-refractivity contribution in [2.45, 2.75) is 38.0 Å². The Morgan fingerprint density at radius 2 is 1.62 bits per heavy atom. The van der Waals surface area contributed by atoms with Crippen molar-refractivity contribution >= 4 is 11.8 Å². The largest absolute Gasteiger partial charge is 0.376 e. The van der Waals surface area contributed by atoms with Gasteiger partial charge in [0.15, 0.2) is 0 Å². The fourth-order valence-electron chi connectivity index (χ4n) is 4.21. The molecule has 0 bridgehead atoms. The molecule has 1 fully saturated rings. The quantitative estimate of drug-likeness (QED) is 0.514. The zero-order chi connectivity index (χ0) is 23.8. The number of benzene rings is 3. The number of rotatable bonds is 9. The maximum Gasteiger partial charge on any atom is 0.247 e. The highest BCUT2D eigenvalue weighted by Gasteiger charge is 2.32. The number of nitrogens with one attached hydrogen (secondary N) is 1. The minimum Gasteiger partial charge on any atom is -0.376 e. The van der Waals surface area contributed by atoms with Crippen molar-refractivity contribution in [1.29, 1.82) is 0 Å². The highest BCUT2D eigenvalue weighted by molar-refractivity contribution is 5.89. The van der Waals surface area contributed by atoms with E-state index < -0.39 is 6.04 Å². The van der Waals surface area contributed by atoms with Gasteiger partial charge in [-0.1, -0.05) is 72.8 Å². The Balaban J connectivity index is 1.64. The van der Waals surface area contributed by atoms with Crippen LogP contribution in [0.2, 0.25) is 0 Å². The Labute approximate surface area is 199 Å². The molecule has 0 unspecified atom stereocenters. The van der Waals surface area contributed by atoms with E-state index in [1.54, 1.807) is 17.0 Å². The molecule has 0 saturated carbocycles. The van der Waals surface area contributed by atoms with E-state index in [4.69, 9.17) is 4.74 Å². The summed E-state index contributed by atoms with van der Waals surface area (Å²) < 4.78 is 19.2. The number of carbonyl (C=O) groups is 2. The maximum atomic E-state index is 13.6. The molecular formula is C28H29FN2O3. The van der Waals surface area contributed by atoms with Crippen molar-refractivity contribution in [1.82, 2.24) is 10.2 Å². The second-order valence-electron chi connectivity index (χ2n) is 8.50. The van der Waals surface area contributed by atoms with Crippen LogP contribution in [0, 0.1) is 5.82 Å². The topological polar surface area (TPSA) is 58.6 Å². The van der Waals surface area contributed by atoms with Crippen molar-refractivity contribution < 1.29 is 18.7 Å². The molecule has 0 aliphatic carbocycles. The SMILES string of the molecule is O=C(NC[C@@H]1CCCO1)[C@@H](c1ccccc1)N(Cc1ccc(F)cc1)C(=O)Cc1ccccc1. The van der Waals surface area contributed by atoms with Gasteiger partial charge in [-0.3, -0.25) is 9.59 Å². The van der Waals surface area contributed by atoms with E-state index in [0.29, 0.717) is 13.2 Å². The minimum atomic E-state index is -0.830. The molecule has 0 spiro atoms. The molecule has 3 aromatic carbocycles. The van der Waals surface area contributed by atoms with Crippen LogP contribution in [-0.2, 0) is 27.3 Å². The van der Waals surface area contributed by atoms with Crippen molar-refractivity contribution in [2.75, 3.05) is 13.2 Å². The summed E-state index contributed by atoms with van der Waals surface area (Å²) in [5.41, 5.74) is 2.33. The lowest BCUT2D eigenvalue weighted by Gasteiger charge is -2.32. The lowest BCUT2D eigenvalue weighted by molar-refractivity contribution is -0.141. The molecule has 1 aliphatic heterocycles. The van der Waals surface area contributed by atoms with Crippen LogP contribution in [0.15, 0.2) is 84.9 Å². The molecule has 6 heteroatoms. The standard InChI is InChI=1S/C28H29FN2O3/c29-24-15-13-22(14-16-24)20-31(26(32)18-21-8-3-1-4-9-21)27(23-10-5-2-6-11-23)28(33)30-19-25-12-7-17-34-25/h1-6,8-11,13-16,25,27H,7,12,17-20H2,(H,30,33)/t25-,27+/m0/s1. The first-order valence-corrected chi connectivity index (χ1v) is 11.6. The van der Waals surface area contributed by atoms with Crippen LogP contribution in [0.5, 0.6) is 0 Å². The molecule has 176 valence electrons. The van der Waals surface area contributed by atoms with Crippen LogP contribution in [0.4, 0.5) is 4.39 Å². The molecular weight excluding hydrogens is 431 g/mol. The van der Waals surface area contributed by atoms with E-state index in [9.17, 15) is 14.0 Å². The number of ether oxygens (including phenoxy) is 1. The van der Waals surface area contributed by atoms with Crippen LogP contribution in [0.3, 0.4) is 0 Å². The smallest absolute Gasteiger partial charge is 0.247 e. The van der Waals surface area contributed by atoms with Gasteiger partial charge in [-0.15, -0.1) is 0 Å². The number of halogens is 1. The van der Waals surface area contributed by atoms with Crippen molar-refractivity contribution in [3.63, 3.8) is 0 Å². The third-order valence-electron chi connectivity index (χ3n) is 5.99. The summed E-state index contributed by atoms with van der Waals surface area (Å²) in [5.74, 6) is -0.790. The number of hydrogen-bond acceptors (Lipinski definition) is 3. The third-order valence-corrected chi connectivity index (χ3v) is 5.99. The van der Waals surface area contributed by atoms with Gasteiger partial charge in [-0.2, -0.15) is 0 Å². The normalized spacial score (nSPS) is 16.1. The van der Waals surface area contributed by atoms with Gasteiger partial charge < -0.3 is 15.0 Å². The van der Waals surface area contributed by atoms with Gasteiger partial charge in [-0.05, 0) is 41.7 Å². The van der Waals surface area contributed by atoms with Crippen LogP contribution >= 0.6 is 0 Å². The average molecular weight is 461 g/mol. The van der Waals surface area contributed by atoms with Crippen LogP contribution in [-0.4, -0.2) is 36.0 Å². The molecule has 2 atom stereocenters. The molecule has 3 aromatic rings. The third kappa shape index (κ3) is 6.29. The lowest BCUT2D eigenvalue weighted by atomic mass is 10.0. The zero-order valence-electron chi connectivity index (χ0n) is 19.0. The van der Waals surface area contributed by atoms with Gasteiger partial charge >= 0.3 is 0 Å². The highest BCUT2D eigenvalue weighted by atomic mass is 19.1. The zero-order valence-corrected chi connectivity index (χ0v) is 19.0. The minimum absolute atomic E-state index is 0.00839. The summed E-state index contributed by atoms with van der Waals surface area (Å²) in [5, 5.41) is 3.00. The Hall–Kier alpha value is -3.51. The van der Waals surface area contributed by atoms with Crippen molar-refractivity contribution in [3.8, 4) is 0 Å². The Morgan fingerprint density at radius 1 is 0.941 bits per heavy atom.